The van der Waals surface area contributed by atoms with Gasteiger partial charge in [0.1, 0.15) is 5.75 Å². The lowest BCUT2D eigenvalue weighted by Crippen LogP contribution is -2.37. The van der Waals surface area contributed by atoms with E-state index in [9.17, 15) is 4.79 Å². The molecule has 0 amide bonds. The molecule has 0 saturated carbocycles. The third kappa shape index (κ3) is 2.65. The van der Waals surface area contributed by atoms with Crippen molar-refractivity contribution in [3.63, 3.8) is 0 Å². The minimum absolute atomic E-state index is 0.100. The van der Waals surface area contributed by atoms with E-state index in [2.05, 4.69) is 5.32 Å². The molecule has 1 N–H and O–H groups in total. The van der Waals surface area contributed by atoms with Gasteiger partial charge in [-0.05, 0) is 44.2 Å². The summed E-state index contributed by atoms with van der Waals surface area (Å²) in [4.78, 5) is 12.6. The average Bonchev–Trinajstić information content (AvgIpc) is 2.88. The molecule has 0 bridgehead atoms. The number of carbonyl (C=O) groups excluding carboxylic acids is 1. The summed E-state index contributed by atoms with van der Waals surface area (Å²) in [6.07, 6.45) is 0. The summed E-state index contributed by atoms with van der Waals surface area (Å²) in [6, 6.07) is 3.95. The molecule has 0 radical (unpaired) electrons. The Morgan fingerprint density at radius 1 is 1.32 bits per heavy atom. The van der Waals surface area contributed by atoms with Crippen LogP contribution in [0.3, 0.4) is 0 Å². The maximum absolute atomic E-state index is 12.6. The average molecular weight is 263 g/mol. The number of rotatable bonds is 4. The second-order valence-electron chi connectivity index (χ2n) is 5.04. The number of ether oxygens (including phenoxy) is 2. The number of methoxy groups -OCH3 is 1. The second-order valence-corrected chi connectivity index (χ2v) is 5.04. The van der Waals surface area contributed by atoms with E-state index < -0.39 is 0 Å². The third-order valence-corrected chi connectivity index (χ3v) is 3.80. The predicted molar refractivity (Wildman–Crippen MR) is 74.0 cm³/mol. The summed E-state index contributed by atoms with van der Waals surface area (Å²) in [6.45, 7) is 4.99. The van der Waals surface area contributed by atoms with Crippen LogP contribution in [0.5, 0.6) is 5.75 Å². The summed E-state index contributed by atoms with van der Waals surface area (Å²) >= 11 is 0. The first-order chi connectivity index (χ1) is 9.08. The van der Waals surface area contributed by atoms with E-state index in [1.165, 1.54) is 0 Å². The quantitative estimate of drug-likeness (QED) is 0.840. The maximum Gasteiger partial charge on any atom is 0.170 e. The van der Waals surface area contributed by atoms with Crippen LogP contribution in [0.4, 0.5) is 0 Å². The molecule has 0 aliphatic carbocycles. The van der Waals surface area contributed by atoms with Crippen LogP contribution in [0, 0.1) is 19.8 Å². The number of ketones is 1. The first-order valence-electron chi connectivity index (χ1n) is 6.53. The molecule has 1 heterocycles. The van der Waals surface area contributed by atoms with Crippen molar-refractivity contribution in [1.29, 1.82) is 0 Å². The van der Waals surface area contributed by atoms with Crippen molar-refractivity contribution in [2.24, 2.45) is 5.92 Å². The number of Topliss-reactive ketones (excluding diaryl/α,β-unsaturated/α-hetero) is 1. The zero-order chi connectivity index (χ0) is 14.0. The lowest BCUT2D eigenvalue weighted by Gasteiger charge is -2.18. The normalized spacial score (nSPS) is 22.5. The van der Waals surface area contributed by atoms with Gasteiger partial charge in [0.2, 0.25) is 0 Å². The summed E-state index contributed by atoms with van der Waals surface area (Å²) in [5.74, 6) is 0.874. The van der Waals surface area contributed by atoms with E-state index in [-0.39, 0.29) is 17.7 Å². The third-order valence-electron chi connectivity index (χ3n) is 3.80. The number of aryl methyl sites for hydroxylation is 2. The molecule has 104 valence electrons. The van der Waals surface area contributed by atoms with Crippen LogP contribution in [0.25, 0.3) is 0 Å². The summed E-state index contributed by atoms with van der Waals surface area (Å²) in [5.41, 5.74) is 2.71. The highest BCUT2D eigenvalue weighted by atomic mass is 16.5. The Kier molecular flexibility index (Phi) is 4.22. The number of carbonyl (C=O) groups is 1. The molecular weight excluding hydrogens is 242 g/mol. The Morgan fingerprint density at radius 2 is 2.05 bits per heavy atom. The van der Waals surface area contributed by atoms with Crippen molar-refractivity contribution in [2.75, 3.05) is 27.4 Å². The van der Waals surface area contributed by atoms with Gasteiger partial charge in [-0.1, -0.05) is 0 Å². The minimum atomic E-state index is -0.100. The van der Waals surface area contributed by atoms with E-state index in [4.69, 9.17) is 9.47 Å². The summed E-state index contributed by atoms with van der Waals surface area (Å²) in [7, 11) is 3.51. The molecule has 2 rings (SSSR count). The fourth-order valence-electron chi connectivity index (χ4n) is 2.57. The van der Waals surface area contributed by atoms with Gasteiger partial charge in [0.05, 0.1) is 26.2 Å². The van der Waals surface area contributed by atoms with E-state index in [0.717, 1.165) is 22.4 Å². The van der Waals surface area contributed by atoms with Gasteiger partial charge in [-0.15, -0.1) is 0 Å². The first-order valence-corrected chi connectivity index (χ1v) is 6.53. The van der Waals surface area contributed by atoms with E-state index in [0.29, 0.717) is 13.2 Å². The van der Waals surface area contributed by atoms with Crippen LogP contribution in [-0.2, 0) is 4.74 Å². The zero-order valence-corrected chi connectivity index (χ0v) is 11.9. The molecule has 1 aliphatic rings. The van der Waals surface area contributed by atoms with Gasteiger partial charge in [0.15, 0.2) is 5.78 Å². The minimum Gasteiger partial charge on any atom is -0.496 e. The summed E-state index contributed by atoms with van der Waals surface area (Å²) < 4.78 is 10.7. The van der Waals surface area contributed by atoms with Crippen LogP contribution in [0.15, 0.2) is 12.1 Å². The lowest BCUT2D eigenvalue weighted by atomic mass is 9.90. The Morgan fingerprint density at radius 3 is 2.68 bits per heavy atom. The van der Waals surface area contributed by atoms with Gasteiger partial charge in [-0.25, -0.2) is 0 Å². The van der Waals surface area contributed by atoms with Gasteiger partial charge >= 0.3 is 0 Å². The van der Waals surface area contributed by atoms with Crippen LogP contribution < -0.4 is 10.1 Å². The van der Waals surface area contributed by atoms with E-state index in [1.807, 2.05) is 33.0 Å². The van der Waals surface area contributed by atoms with Crippen molar-refractivity contribution in [1.82, 2.24) is 5.32 Å². The van der Waals surface area contributed by atoms with E-state index >= 15 is 0 Å². The zero-order valence-electron chi connectivity index (χ0n) is 11.9. The molecule has 0 spiro atoms. The first kappa shape index (κ1) is 14.0. The maximum atomic E-state index is 12.6. The molecule has 2 unspecified atom stereocenters. The monoisotopic (exact) mass is 263 g/mol. The molecule has 1 saturated heterocycles. The van der Waals surface area contributed by atoms with Crippen LogP contribution >= 0.6 is 0 Å². The molecule has 1 fully saturated rings. The second kappa shape index (κ2) is 5.72. The highest BCUT2D eigenvalue weighted by molar-refractivity contribution is 6.00. The SMILES string of the molecule is CNC1COCC1C(=O)c1cc(C)c(OC)cc1C. The summed E-state index contributed by atoms with van der Waals surface area (Å²) in [5, 5.41) is 3.15. The van der Waals surface area contributed by atoms with Gasteiger partial charge in [-0.2, -0.15) is 0 Å². The van der Waals surface area contributed by atoms with Crippen LogP contribution in [0.1, 0.15) is 21.5 Å². The Hall–Kier alpha value is -1.39. The molecule has 1 aliphatic heterocycles. The number of nitrogens with one attached hydrogen (secondary N) is 1. The van der Waals surface area contributed by atoms with Gasteiger partial charge < -0.3 is 14.8 Å². The van der Waals surface area contributed by atoms with Crippen molar-refractivity contribution in [2.45, 2.75) is 19.9 Å². The molecule has 1 aromatic rings. The molecule has 19 heavy (non-hydrogen) atoms. The number of benzene rings is 1. The van der Waals surface area contributed by atoms with Crippen molar-refractivity contribution in [3.05, 3.63) is 28.8 Å². The van der Waals surface area contributed by atoms with Crippen LogP contribution in [-0.4, -0.2) is 39.2 Å². The van der Waals surface area contributed by atoms with Crippen molar-refractivity contribution < 1.29 is 14.3 Å². The molecule has 0 aromatic heterocycles. The van der Waals surface area contributed by atoms with Gasteiger partial charge in [-0.3, -0.25) is 4.79 Å². The highest BCUT2D eigenvalue weighted by Gasteiger charge is 2.34. The molecule has 4 nitrogen and oxygen atoms in total. The Labute approximate surface area is 114 Å². The van der Waals surface area contributed by atoms with Gasteiger partial charge in [0, 0.05) is 11.6 Å². The molecule has 2 atom stereocenters. The van der Waals surface area contributed by atoms with Crippen molar-refractivity contribution in [3.8, 4) is 5.75 Å². The van der Waals surface area contributed by atoms with Crippen LogP contribution in [0.2, 0.25) is 0 Å². The highest BCUT2D eigenvalue weighted by Crippen LogP contribution is 2.26. The number of hydrogen-bond acceptors (Lipinski definition) is 4. The molecular formula is C15H21NO3. The topological polar surface area (TPSA) is 47.6 Å². The number of hydrogen-bond donors (Lipinski definition) is 1. The molecule has 4 heteroatoms. The fourth-order valence-corrected chi connectivity index (χ4v) is 2.57. The molecule has 1 aromatic carbocycles. The van der Waals surface area contributed by atoms with Gasteiger partial charge in [0.25, 0.3) is 0 Å². The number of likely N-dealkylation sites (N-methyl/N-ethyl adjacent to an activating group) is 1. The lowest BCUT2D eigenvalue weighted by molar-refractivity contribution is 0.0891. The standard InChI is InChI=1S/C15H21NO3/c1-9-6-14(18-4)10(2)5-11(9)15(17)12-7-19-8-13(12)16-3/h5-6,12-13,16H,7-8H2,1-4H3. The fraction of sp³-hybridized carbons (Fsp3) is 0.533. The Balaban J connectivity index is 2.31. The smallest absolute Gasteiger partial charge is 0.170 e. The van der Waals surface area contributed by atoms with Crippen molar-refractivity contribution >= 4 is 5.78 Å². The largest absolute Gasteiger partial charge is 0.496 e. The predicted octanol–water partition coefficient (Wildman–Crippen LogP) is 1.73. The van der Waals surface area contributed by atoms with E-state index in [1.54, 1.807) is 7.11 Å². The Bertz CT molecular complexity index is 485.